The van der Waals surface area contributed by atoms with Crippen molar-refractivity contribution < 1.29 is 0 Å². The number of anilines is 6. The fourth-order valence-corrected chi connectivity index (χ4v) is 8.75. The van der Waals surface area contributed by atoms with E-state index in [1.165, 1.54) is 55.6 Å². The minimum absolute atomic E-state index is 1.09. The molecule has 0 bridgehead atoms. The van der Waals surface area contributed by atoms with Crippen molar-refractivity contribution in [2.24, 2.45) is 0 Å². The maximum atomic E-state index is 2.34. The molecule has 0 aliphatic carbocycles. The lowest BCUT2D eigenvalue weighted by Gasteiger charge is -2.27. The molecule has 0 aliphatic rings. The largest absolute Gasteiger partial charge is 0.311 e. The van der Waals surface area contributed by atoms with Gasteiger partial charge in [0, 0.05) is 34.1 Å². The molecule has 306 valence electrons. The second-order valence-electron chi connectivity index (χ2n) is 16.4. The molecule has 0 fully saturated rings. The molecule has 64 heavy (non-hydrogen) atoms. The topological polar surface area (TPSA) is 6.48 Å². The molecule has 2 heteroatoms. The summed E-state index contributed by atoms with van der Waals surface area (Å²) in [5.74, 6) is 0. The zero-order chi connectivity index (χ0) is 43.2. The molecule has 0 radical (unpaired) electrons. The molecular weight excluding hydrogens is 773 g/mol. The van der Waals surface area contributed by atoms with E-state index < -0.39 is 0 Å². The Kier molecular flexibility index (Phi) is 11.2. The van der Waals surface area contributed by atoms with Gasteiger partial charge in [0.05, 0.1) is 0 Å². The monoisotopic (exact) mass is 820 g/mol. The molecule has 10 rings (SSSR count). The quantitative estimate of drug-likeness (QED) is 0.128. The average Bonchev–Trinajstić information content (AvgIpc) is 3.36. The van der Waals surface area contributed by atoms with Gasteiger partial charge in [0.15, 0.2) is 0 Å². The van der Waals surface area contributed by atoms with E-state index in [1.807, 2.05) is 0 Å². The molecule has 0 aromatic heterocycles. The molecular formula is C62H48N2. The highest BCUT2D eigenvalue weighted by atomic mass is 15.1. The molecule has 0 saturated heterocycles. The van der Waals surface area contributed by atoms with Crippen LogP contribution in [0.25, 0.3) is 55.6 Å². The van der Waals surface area contributed by atoms with Gasteiger partial charge in [0.1, 0.15) is 0 Å². The molecule has 0 heterocycles. The fraction of sp³-hybridized carbons (Fsp3) is 0.0323. The lowest BCUT2D eigenvalue weighted by Crippen LogP contribution is -2.10. The van der Waals surface area contributed by atoms with Gasteiger partial charge in [-0.1, -0.05) is 193 Å². The third kappa shape index (κ3) is 8.63. The Labute approximate surface area is 377 Å². The Morgan fingerprint density at radius 3 is 0.594 bits per heavy atom. The van der Waals surface area contributed by atoms with Crippen LogP contribution >= 0.6 is 0 Å². The van der Waals surface area contributed by atoms with Crippen LogP contribution in [0.3, 0.4) is 0 Å². The number of benzene rings is 10. The Bertz CT molecular complexity index is 2980. The number of rotatable bonds is 11. The van der Waals surface area contributed by atoms with Crippen LogP contribution in [0.5, 0.6) is 0 Å². The summed E-state index contributed by atoms with van der Waals surface area (Å²) >= 11 is 0. The molecule has 10 aromatic carbocycles. The number of hydrogen-bond acceptors (Lipinski definition) is 2. The predicted octanol–water partition coefficient (Wildman–Crippen LogP) is 17.6. The van der Waals surface area contributed by atoms with Gasteiger partial charge in [-0.15, -0.1) is 0 Å². The molecule has 0 amide bonds. The van der Waals surface area contributed by atoms with Crippen molar-refractivity contribution >= 4 is 34.1 Å². The van der Waals surface area contributed by atoms with E-state index in [-0.39, 0.29) is 0 Å². The van der Waals surface area contributed by atoms with Gasteiger partial charge in [-0.25, -0.2) is 0 Å². The second-order valence-corrected chi connectivity index (χ2v) is 16.4. The molecule has 0 unspecified atom stereocenters. The summed E-state index contributed by atoms with van der Waals surface area (Å²) in [6, 6.07) is 91.9. The molecule has 0 N–H and O–H groups in total. The van der Waals surface area contributed by atoms with E-state index in [0.29, 0.717) is 0 Å². The van der Waals surface area contributed by atoms with Gasteiger partial charge in [-0.2, -0.15) is 0 Å². The van der Waals surface area contributed by atoms with Gasteiger partial charge in [0.2, 0.25) is 0 Å². The van der Waals surface area contributed by atoms with Crippen molar-refractivity contribution in [3.05, 3.63) is 266 Å². The Balaban J connectivity index is 0.963. The predicted molar refractivity (Wildman–Crippen MR) is 272 cm³/mol. The van der Waals surface area contributed by atoms with E-state index in [9.17, 15) is 0 Å². The standard InChI is InChI=1S/C62H48N2/c1-45-42-46(2)44-56(43-45)55-28-40-62(41-29-55)64(59-34-22-52(23-35-59)49-16-10-5-11-17-49)61-38-26-54(27-39-61)53-24-36-60(37-25-53)63(57-30-18-50(19-31-57)47-12-6-3-7-13-47)58-32-20-51(21-33-58)48-14-8-4-9-15-48/h3-44H,1-2H3. The second kappa shape index (κ2) is 18.0. The van der Waals surface area contributed by atoms with Gasteiger partial charge >= 0.3 is 0 Å². The average molecular weight is 821 g/mol. The molecule has 2 nitrogen and oxygen atoms in total. The van der Waals surface area contributed by atoms with Crippen LogP contribution in [0.1, 0.15) is 11.1 Å². The van der Waals surface area contributed by atoms with Gasteiger partial charge in [-0.05, 0) is 142 Å². The first kappa shape index (κ1) is 39.9. The minimum atomic E-state index is 1.09. The van der Waals surface area contributed by atoms with Crippen LogP contribution in [0.2, 0.25) is 0 Å². The molecule has 0 spiro atoms. The van der Waals surface area contributed by atoms with E-state index in [2.05, 4.69) is 278 Å². The van der Waals surface area contributed by atoms with Crippen molar-refractivity contribution in [2.45, 2.75) is 13.8 Å². The highest BCUT2D eigenvalue weighted by Crippen LogP contribution is 2.40. The van der Waals surface area contributed by atoms with E-state index >= 15 is 0 Å². The zero-order valence-electron chi connectivity index (χ0n) is 36.1. The van der Waals surface area contributed by atoms with Crippen molar-refractivity contribution in [1.29, 1.82) is 0 Å². The normalized spacial score (nSPS) is 11.0. The third-order valence-electron chi connectivity index (χ3n) is 12.0. The first-order valence-electron chi connectivity index (χ1n) is 22.0. The number of hydrogen-bond donors (Lipinski definition) is 0. The van der Waals surface area contributed by atoms with Crippen LogP contribution in [-0.2, 0) is 0 Å². The summed E-state index contributed by atoms with van der Waals surface area (Å²) in [5, 5.41) is 0. The SMILES string of the molecule is Cc1cc(C)cc(-c2ccc(N(c3ccc(-c4ccccc4)cc3)c3ccc(-c4ccc(N(c5ccc(-c6ccccc6)cc5)c5ccc(-c6ccccc6)cc5)cc4)cc3)cc2)c1. The summed E-state index contributed by atoms with van der Waals surface area (Å²) in [6.07, 6.45) is 0. The van der Waals surface area contributed by atoms with Crippen LogP contribution < -0.4 is 9.80 Å². The number of nitrogens with zero attached hydrogens (tertiary/aromatic N) is 2. The first-order valence-corrected chi connectivity index (χ1v) is 22.0. The first-order chi connectivity index (χ1) is 31.5. The maximum absolute atomic E-state index is 2.34. The van der Waals surface area contributed by atoms with Crippen molar-refractivity contribution in [1.82, 2.24) is 0 Å². The van der Waals surface area contributed by atoms with Gasteiger partial charge in [-0.3, -0.25) is 0 Å². The molecule has 0 saturated carbocycles. The Hall–Kier alpha value is -8.20. The van der Waals surface area contributed by atoms with Crippen molar-refractivity contribution in [2.75, 3.05) is 9.80 Å². The van der Waals surface area contributed by atoms with Gasteiger partial charge < -0.3 is 9.80 Å². The van der Waals surface area contributed by atoms with Crippen LogP contribution in [0.15, 0.2) is 255 Å². The Morgan fingerprint density at radius 2 is 0.375 bits per heavy atom. The zero-order valence-corrected chi connectivity index (χ0v) is 36.1. The lowest BCUT2D eigenvalue weighted by atomic mass is 10.00. The van der Waals surface area contributed by atoms with E-state index in [0.717, 1.165) is 45.3 Å². The number of aryl methyl sites for hydroxylation is 2. The minimum Gasteiger partial charge on any atom is -0.311 e. The summed E-state index contributed by atoms with van der Waals surface area (Å²) < 4.78 is 0. The van der Waals surface area contributed by atoms with Crippen LogP contribution in [0, 0.1) is 13.8 Å². The van der Waals surface area contributed by atoms with Crippen molar-refractivity contribution in [3.63, 3.8) is 0 Å². The fourth-order valence-electron chi connectivity index (χ4n) is 8.75. The molecule has 10 aromatic rings. The Morgan fingerprint density at radius 1 is 0.188 bits per heavy atom. The highest BCUT2D eigenvalue weighted by Gasteiger charge is 2.16. The van der Waals surface area contributed by atoms with E-state index in [4.69, 9.17) is 0 Å². The van der Waals surface area contributed by atoms with E-state index in [1.54, 1.807) is 0 Å². The molecule has 0 aliphatic heterocycles. The smallest absolute Gasteiger partial charge is 0.0462 e. The maximum Gasteiger partial charge on any atom is 0.0462 e. The highest BCUT2D eigenvalue weighted by molar-refractivity contribution is 5.83. The summed E-state index contributed by atoms with van der Waals surface area (Å²) in [4.78, 5) is 4.68. The third-order valence-corrected chi connectivity index (χ3v) is 12.0. The summed E-state index contributed by atoms with van der Waals surface area (Å²) in [6.45, 7) is 4.33. The van der Waals surface area contributed by atoms with Crippen molar-refractivity contribution in [3.8, 4) is 55.6 Å². The lowest BCUT2D eigenvalue weighted by molar-refractivity contribution is 1.28. The van der Waals surface area contributed by atoms with Gasteiger partial charge in [0.25, 0.3) is 0 Å². The van der Waals surface area contributed by atoms with Crippen LogP contribution in [-0.4, -0.2) is 0 Å². The molecule has 0 atom stereocenters. The van der Waals surface area contributed by atoms with Crippen LogP contribution in [0.4, 0.5) is 34.1 Å². The summed E-state index contributed by atoms with van der Waals surface area (Å²) in [5.41, 5.74) is 21.1. The summed E-state index contributed by atoms with van der Waals surface area (Å²) in [7, 11) is 0.